The van der Waals surface area contributed by atoms with E-state index in [0.717, 1.165) is 0 Å². The number of carbonyl (C=O) groups excluding carboxylic acids is 1. The van der Waals surface area contributed by atoms with E-state index in [9.17, 15) is 19.1 Å². The number of aromatic nitrogens is 2. The van der Waals surface area contributed by atoms with Gasteiger partial charge in [-0.1, -0.05) is 29.8 Å². The predicted molar refractivity (Wildman–Crippen MR) is 106 cm³/mol. The molecule has 7 nitrogen and oxygen atoms in total. The van der Waals surface area contributed by atoms with Crippen LogP contribution in [-0.2, 0) is 4.79 Å². The van der Waals surface area contributed by atoms with E-state index in [4.69, 9.17) is 11.6 Å². The van der Waals surface area contributed by atoms with Crippen LogP contribution < -0.4 is 10.6 Å². The Morgan fingerprint density at radius 3 is 2.72 bits per heavy atom. The lowest BCUT2D eigenvalue weighted by Gasteiger charge is -2.24. The highest BCUT2D eigenvalue weighted by Crippen LogP contribution is 2.33. The lowest BCUT2D eigenvalue weighted by atomic mass is 10.0. The fraction of sp³-hybridized carbons (Fsp3) is 0.0500. The zero-order valence-electron chi connectivity index (χ0n) is 14.8. The monoisotopic (exact) mass is 412 g/mol. The normalized spacial score (nSPS) is 15.1. The number of carbonyl (C=O) groups is 2. The number of hydrogen-bond donors (Lipinski definition) is 3. The number of halogens is 2. The molecule has 146 valence electrons. The third-order valence-electron chi connectivity index (χ3n) is 4.38. The zero-order chi connectivity index (χ0) is 20.5. The predicted octanol–water partition coefficient (Wildman–Crippen LogP) is 3.91. The van der Waals surface area contributed by atoms with E-state index >= 15 is 0 Å². The van der Waals surface area contributed by atoms with Crippen molar-refractivity contribution in [2.45, 2.75) is 6.04 Å². The van der Waals surface area contributed by atoms with Crippen molar-refractivity contribution in [3.05, 3.63) is 88.5 Å². The first-order valence-electron chi connectivity index (χ1n) is 8.54. The molecule has 0 saturated carbocycles. The van der Waals surface area contributed by atoms with Gasteiger partial charge in [-0.05, 0) is 42.0 Å². The molecule has 0 radical (unpaired) electrons. The molecule has 29 heavy (non-hydrogen) atoms. The Bertz CT molecular complexity index is 1160. The maximum absolute atomic E-state index is 13.4. The Kier molecular flexibility index (Phi) is 4.77. The summed E-state index contributed by atoms with van der Waals surface area (Å²) in [5, 5.41) is 19.5. The summed E-state index contributed by atoms with van der Waals surface area (Å²) in [6.07, 6.45) is 2.81. The Morgan fingerprint density at radius 2 is 2.00 bits per heavy atom. The van der Waals surface area contributed by atoms with Crippen LogP contribution in [0, 0.1) is 5.82 Å². The molecule has 9 heteroatoms. The fourth-order valence-electron chi connectivity index (χ4n) is 3.08. The Morgan fingerprint density at radius 1 is 1.21 bits per heavy atom. The van der Waals surface area contributed by atoms with Crippen molar-refractivity contribution in [2.75, 3.05) is 10.6 Å². The Labute approximate surface area is 169 Å². The van der Waals surface area contributed by atoms with E-state index in [1.54, 1.807) is 30.3 Å². The molecule has 0 saturated heterocycles. The molecule has 1 aliphatic rings. The molecule has 3 N–H and O–H groups in total. The van der Waals surface area contributed by atoms with Gasteiger partial charge in [0.25, 0.3) is 5.91 Å². The standard InChI is InChI=1S/C20H14ClFN4O3/c21-12-4-1-3-11(7-12)17-9-16(20(28)29)25-18-15(10-23-26(17)18)19(27)24-14-6-2-5-13(22)8-14/h1-10,17,25H,(H,24,27)(H,28,29)/t17-/m1/s1. The number of nitrogens with zero attached hydrogens (tertiary/aromatic N) is 2. The minimum atomic E-state index is -1.18. The van der Waals surface area contributed by atoms with Gasteiger partial charge in [0.15, 0.2) is 0 Å². The van der Waals surface area contributed by atoms with E-state index < -0.39 is 23.7 Å². The third-order valence-corrected chi connectivity index (χ3v) is 4.62. The molecule has 0 bridgehead atoms. The largest absolute Gasteiger partial charge is 0.477 e. The van der Waals surface area contributed by atoms with Crippen LogP contribution >= 0.6 is 11.6 Å². The van der Waals surface area contributed by atoms with Gasteiger partial charge in [-0.25, -0.2) is 13.9 Å². The lowest BCUT2D eigenvalue weighted by molar-refractivity contribution is -0.132. The van der Waals surface area contributed by atoms with Crippen LogP contribution in [-0.4, -0.2) is 26.8 Å². The van der Waals surface area contributed by atoms with Gasteiger partial charge in [-0.3, -0.25) is 4.79 Å². The topological polar surface area (TPSA) is 96.2 Å². The molecular weight excluding hydrogens is 399 g/mol. The van der Waals surface area contributed by atoms with Gasteiger partial charge in [0, 0.05) is 10.7 Å². The second kappa shape index (κ2) is 7.40. The summed E-state index contributed by atoms with van der Waals surface area (Å²) >= 11 is 6.07. The molecule has 4 rings (SSSR count). The van der Waals surface area contributed by atoms with E-state index in [1.807, 2.05) is 0 Å². The number of rotatable bonds is 4. The molecule has 0 aliphatic carbocycles. The molecule has 3 aromatic rings. The maximum Gasteiger partial charge on any atom is 0.352 e. The summed E-state index contributed by atoms with van der Waals surface area (Å²) in [7, 11) is 0. The Hall–Kier alpha value is -3.65. The molecule has 0 unspecified atom stereocenters. The minimum Gasteiger partial charge on any atom is -0.477 e. The van der Waals surface area contributed by atoms with Crippen LogP contribution in [0.4, 0.5) is 15.9 Å². The van der Waals surface area contributed by atoms with Crippen molar-refractivity contribution in [3.63, 3.8) is 0 Å². The second-order valence-corrected chi connectivity index (χ2v) is 6.76. The Balaban J connectivity index is 1.73. The molecule has 2 heterocycles. The highest BCUT2D eigenvalue weighted by molar-refractivity contribution is 6.30. The fourth-order valence-corrected chi connectivity index (χ4v) is 3.28. The van der Waals surface area contributed by atoms with Gasteiger partial charge in [-0.15, -0.1) is 0 Å². The SMILES string of the molecule is O=C(O)C1=C[C@H](c2cccc(Cl)c2)n2ncc(C(=O)Nc3cccc(F)c3)c2N1. The molecule has 1 atom stereocenters. The van der Waals surface area contributed by atoms with Crippen molar-refractivity contribution in [2.24, 2.45) is 0 Å². The summed E-state index contributed by atoms with van der Waals surface area (Å²) in [6, 6.07) is 11.8. The van der Waals surface area contributed by atoms with E-state index in [-0.39, 0.29) is 22.8 Å². The number of benzene rings is 2. The number of aliphatic carboxylic acids is 1. The van der Waals surface area contributed by atoms with Gasteiger partial charge >= 0.3 is 5.97 Å². The number of carboxylic acid groups (broad SMARTS) is 1. The average Bonchev–Trinajstić information content (AvgIpc) is 3.11. The van der Waals surface area contributed by atoms with Crippen LogP contribution in [0.1, 0.15) is 22.0 Å². The summed E-state index contributed by atoms with van der Waals surface area (Å²) < 4.78 is 14.9. The minimum absolute atomic E-state index is 0.0946. The number of allylic oxidation sites excluding steroid dienone is 1. The van der Waals surface area contributed by atoms with E-state index in [0.29, 0.717) is 10.6 Å². The van der Waals surface area contributed by atoms with E-state index in [2.05, 4.69) is 15.7 Å². The number of carboxylic acids is 1. The van der Waals surface area contributed by atoms with Crippen molar-refractivity contribution in [3.8, 4) is 0 Å². The number of fused-ring (bicyclic) bond motifs is 1. The number of nitrogens with one attached hydrogen (secondary N) is 2. The second-order valence-electron chi connectivity index (χ2n) is 6.33. The molecule has 1 amide bonds. The van der Waals surface area contributed by atoms with Crippen LogP contribution in [0.15, 0.2) is 66.5 Å². The molecule has 2 aromatic carbocycles. The first kappa shape index (κ1) is 18.7. The van der Waals surface area contributed by atoms with Gasteiger partial charge in [0.05, 0.1) is 12.2 Å². The lowest BCUT2D eigenvalue weighted by Crippen LogP contribution is -2.25. The van der Waals surface area contributed by atoms with Crippen LogP contribution in [0.25, 0.3) is 0 Å². The highest BCUT2D eigenvalue weighted by atomic mass is 35.5. The van der Waals surface area contributed by atoms with Crippen molar-refractivity contribution in [1.29, 1.82) is 0 Å². The summed E-state index contributed by atoms with van der Waals surface area (Å²) in [5.74, 6) is -2.01. The molecule has 1 aliphatic heterocycles. The first-order valence-corrected chi connectivity index (χ1v) is 8.92. The van der Waals surface area contributed by atoms with Crippen molar-refractivity contribution < 1.29 is 19.1 Å². The van der Waals surface area contributed by atoms with Gasteiger partial charge in [-0.2, -0.15) is 5.10 Å². The van der Waals surface area contributed by atoms with Gasteiger partial charge in [0.1, 0.15) is 22.9 Å². The zero-order valence-corrected chi connectivity index (χ0v) is 15.5. The highest BCUT2D eigenvalue weighted by Gasteiger charge is 2.29. The molecule has 0 fully saturated rings. The summed E-state index contributed by atoms with van der Waals surface area (Å²) in [6.45, 7) is 0. The molecular formula is C20H14ClFN4O3. The molecule has 1 aromatic heterocycles. The van der Waals surface area contributed by atoms with Crippen LogP contribution in [0.5, 0.6) is 0 Å². The summed E-state index contributed by atoms with van der Waals surface area (Å²) in [5.41, 5.74) is 1.00. The summed E-state index contributed by atoms with van der Waals surface area (Å²) in [4.78, 5) is 24.3. The van der Waals surface area contributed by atoms with Gasteiger partial charge in [0.2, 0.25) is 0 Å². The van der Waals surface area contributed by atoms with Crippen LogP contribution in [0.2, 0.25) is 5.02 Å². The average molecular weight is 413 g/mol. The maximum atomic E-state index is 13.4. The van der Waals surface area contributed by atoms with Gasteiger partial charge < -0.3 is 15.7 Å². The quantitative estimate of drug-likeness (QED) is 0.603. The smallest absolute Gasteiger partial charge is 0.352 e. The van der Waals surface area contributed by atoms with Crippen molar-refractivity contribution in [1.82, 2.24) is 9.78 Å². The van der Waals surface area contributed by atoms with E-state index in [1.165, 1.54) is 35.2 Å². The number of amides is 1. The van der Waals surface area contributed by atoms with Crippen molar-refractivity contribution >= 4 is 35.0 Å². The van der Waals surface area contributed by atoms with Crippen LogP contribution in [0.3, 0.4) is 0 Å². The number of hydrogen-bond acceptors (Lipinski definition) is 4. The first-order chi connectivity index (χ1) is 13.9. The number of anilines is 2. The third kappa shape index (κ3) is 3.70. The molecule has 0 spiro atoms.